The van der Waals surface area contributed by atoms with Crippen LogP contribution in [0.5, 0.6) is 0 Å². The smallest absolute Gasteiger partial charge is 0.268 e. The lowest BCUT2D eigenvalue weighted by molar-refractivity contribution is -0.870. The second-order valence-corrected chi connectivity index (χ2v) is 16.7. The first-order chi connectivity index (χ1) is 24.5. The van der Waals surface area contributed by atoms with E-state index in [2.05, 4.69) is 43.5 Å². The zero-order valence-corrected chi connectivity index (χ0v) is 34.7. The highest BCUT2D eigenvalue weighted by molar-refractivity contribution is 7.45. The number of carbonyl (C=O) groups excluding carboxylic acids is 1. The van der Waals surface area contributed by atoms with Gasteiger partial charge in [0, 0.05) is 6.42 Å². The second kappa shape index (κ2) is 34.5. The number of carbonyl (C=O) groups is 1. The van der Waals surface area contributed by atoms with Gasteiger partial charge in [-0.15, -0.1) is 0 Å². The van der Waals surface area contributed by atoms with Gasteiger partial charge in [0.25, 0.3) is 7.82 Å². The van der Waals surface area contributed by atoms with Crippen molar-refractivity contribution in [3.63, 3.8) is 0 Å². The topological polar surface area (TPSA) is 108 Å². The summed E-state index contributed by atoms with van der Waals surface area (Å²) in [7, 11) is 1.23. The number of hydrogen-bond donors (Lipinski definition) is 2. The SMILES string of the molecule is CCCCCCCC/C=C\CCCCCC(=O)NC(COP(=O)([O-])OCC[N+](C)(C)C)C(O)/C=C/CC/C=C/CCCCCCCCCCCC. The minimum Gasteiger partial charge on any atom is -0.756 e. The molecule has 1 amide bonds. The predicted molar refractivity (Wildman–Crippen MR) is 215 cm³/mol. The third kappa shape index (κ3) is 36.9. The van der Waals surface area contributed by atoms with Crippen LogP contribution in [0, 0.1) is 0 Å². The number of amides is 1. The average Bonchev–Trinajstić information content (AvgIpc) is 3.07. The molecular formula is C42H81N2O6P. The lowest BCUT2D eigenvalue weighted by Gasteiger charge is -2.29. The molecule has 3 atom stereocenters. The van der Waals surface area contributed by atoms with Crippen molar-refractivity contribution in [1.29, 1.82) is 0 Å². The Bertz CT molecular complexity index is 933. The van der Waals surface area contributed by atoms with Gasteiger partial charge in [0.15, 0.2) is 0 Å². The lowest BCUT2D eigenvalue weighted by atomic mass is 10.1. The normalized spacial score (nSPS) is 14.9. The number of aliphatic hydroxyl groups is 1. The summed E-state index contributed by atoms with van der Waals surface area (Å²) in [5.41, 5.74) is 0. The third-order valence-corrected chi connectivity index (χ3v) is 10.0. The van der Waals surface area contributed by atoms with E-state index in [9.17, 15) is 19.4 Å². The summed E-state index contributed by atoms with van der Waals surface area (Å²) in [6.45, 7) is 4.58. The summed E-state index contributed by atoms with van der Waals surface area (Å²) < 4.78 is 23.1. The van der Waals surface area contributed by atoms with Gasteiger partial charge in [0.1, 0.15) is 13.2 Å². The number of likely N-dealkylation sites (N-methyl/N-ethyl adjacent to an activating group) is 1. The number of hydrogen-bond acceptors (Lipinski definition) is 6. The molecule has 300 valence electrons. The van der Waals surface area contributed by atoms with E-state index in [1.54, 1.807) is 6.08 Å². The van der Waals surface area contributed by atoms with Crippen LogP contribution in [0.4, 0.5) is 0 Å². The van der Waals surface area contributed by atoms with E-state index in [1.807, 2.05) is 27.2 Å². The molecule has 0 saturated carbocycles. The molecule has 51 heavy (non-hydrogen) atoms. The number of phosphoric acid groups is 1. The van der Waals surface area contributed by atoms with Crippen molar-refractivity contribution < 1.29 is 32.9 Å². The Hall–Kier alpha value is -1.28. The number of phosphoric ester groups is 1. The first-order valence-electron chi connectivity index (χ1n) is 20.9. The molecular weight excluding hydrogens is 659 g/mol. The highest BCUT2D eigenvalue weighted by Crippen LogP contribution is 2.38. The molecule has 0 aliphatic rings. The van der Waals surface area contributed by atoms with Crippen LogP contribution in [0.15, 0.2) is 36.5 Å². The second-order valence-electron chi connectivity index (χ2n) is 15.3. The van der Waals surface area contributed by atoms with Gasteiger partial charge in [-0.1, -0.05) is 147 Å². The molecule has 0 spiro atoms. The van der Waals surface area contributed by atoms with E-state index in [4.69, 9.17) is 9.05 Å². The first-order valence-corrected chi connectivity index (χ1v) is 22.3. The number of quaternary nitrogens is 1. The van der Waals surface area contributed by atoms with Gasteiger partial charge < -0.3 is 28.8 Å². The molecule has 0 rings (SSSR count). The van der Waals surface area contributed by atoms with Crippen molar-refractivity contribution in [1.82, 2.24) is 5.32 Å². The van der Waals surface area contributed by atoms with Crippen molar-refractivity contribution in [2.75, 3.05) is 40.9 Å². The van der Waals surface area contributed by atoms with Crippen LogP contribution in [-0.4, -0.2) is 68.5 Å². The molecule has 0 bridgehead atoms. The lowest BCUT2D eigenvalue weighted by Crippen LogP contribution is -2.45. The highest BCUT2D eigenvalue weighted by Gasteiger charge is 2.23. The number of nitrogens with zero attached hydrogens (tertiary/aromatic N) is 1. The van der Waals surface area contributed by atoms with Crippen molar-refractivity contribution in [2.45, 2.75) is 187 Å². The number of allylic oxidation sites excluding steroid dienone is 5. The maximum Gasteiger partial charge on any atom is 0.268 e. The van der Waals surface area contributed by atoms with Crippen LogP contribution in [0.3, 0.4) is 0 Å². The van der Waals surface area contributed by atoms with Gasteiger partial charge in [-0.2, -0.15) is 0 Å². The van der Waals surface area contributed by atoms with Crippen LogP contribution in [0.25, 0.3) is 0 Å². The quantitative estimate of drug-likeness (QED) is 0.0284. The third-order valence-electron chi connectivity index (χ3n) is 9.07. The van der Waals surface area contributed by atoms with Gasteiger partial charge in [-0.3, -0.25) is 9.36 Å². The molecule has 2 N–H and O–H groups in total. The largest absolute Gasteiger partial charge is 0.756 e. The van der Waals surface area contributed by atoms with Gasteiger partial charge in [0.05, 0.1) is 39.9 Å². The number of rotatable bonds is 37. The summed E-state index contributed by atoms with van der Waals surface area (Å²) in [5.74, 6) is -0.226. The van der Waals surface area contributed by atoms with E-state index in [0.29, 0.717) is 17.4 Å². The molecule has 0 radical (unpaired) electrons. The molecule has 9 heteroatoms. The standard InChI is InChI=1S/C42H81N2O6P/c1-6-8-10-12-14-16-18-20-21-22-24-25-27-29-31-33-35-41(45)40(39-50-51(47,48)49-38-37-44(3,4)5)43-42(46)36-34-32-30-28-26-23-19-17-15-13-11-9-7-2/h23,25-27,33,35,40-41,45H,6-22,24,28-32,34,36-39H2,1-5H3,(H-,43,46,47,48)/b26-23-,27-25+,35-33+. The van der Waals surface area contributed by atoms with Crippen LogP contribution < -0.4 is 10.2 Å². The van der Waals surface area contributed by atoms with Crippen molar-refractivity contribution >= 4 is 13.7 Å². The van der Waals surface area contributed by atoms with E-state index in [1.165, 1.54) is 103 Å². The molecule has 0 fully saturated rings. The van der Waals surface area contributed by atoms with Crippen molar-refractivity contribution in [3.05, 3.63) is 36.5 Å². The summed E-state index contributed by atoms with van der Waals surface area (Å²) in [6.07, 6.45) is 40.5. The molecule has 0 heterocycles. The molecule has 0 aromatic heterocycles. The number of aliphatic hydroxyl groups excluding tert-OH is 1. The van der Waals surface area contributed by atoms with Crippen molar-refractivity contribution in [3.8, 4) is 0 Å². The Morgan fingerprint density at radius 1 is 0.667 bits per heavy atom. The molecule has 0 saturated heterocycles. The van der Waals surface area contributed by atoms with E-state index < -0.39 is 26.6 Å². The number of unbranched alkanes of at least 4 members (excludes halogenated alkanes) is 20. The molecule has 8 nitrogen and oxygen atoms in total. The van der Waals surface area contributed by atoms with E-state index >= 15 is 0 Å². The Kier molecular flexibility index (Phi) is 33.6. The fourth-order valence-electron chi connectivity index (χ4n) is 5.69. The zero-order valence-electron chi connectivity index (χ0n) is 33.8. The molecule has 0 aliphatic heterocycles. The minimum absolute atomic E-state index is 0.00922. The molecule has 0 aromatic rings. The van der Waals surface area contributed by atoms with Gasteiger partial charge in [-0.25, -0.2) is 0 Å². The maximum atomic E-state index is 12.8. The Morgan fingerprint density at radius 2 is 1.10 bits per heavy atom. The molecule has 3 unspecified atom stereocenters. The fraction of sp³-hybridized carbons (Fsp3) is 0.833. The van der Waals surface area contributed by atoms with Gasteiger partial charge in [0.2, 0.25) is 5.91 Å². The fourth-order valence-corrected chi connectivity index (χ4v) is 6.41. The summed E-state index contributed by atoms with van der Waals surface area (Å²) in [5, 5.41) is 13.7. The van der Waals surface area contributed by atoms with Crippen LogP contribution in [0.1, 0.15) is 174 Å². The first kappa shape index (κ1) is 49.7. The van der Waals surface area contributed by atoms with Gasteiger partial charge >= 0.3 is 0 Å². The summed E-state index contributed by atoms with van der Waals surface area (Å²) in [6, 6.07) is -0.908. The average molecular weight is 741 g/mol. The Morgan fingerprint density at radius 3 is 1.59 bits per heavy atom. The summed E-state index contributed by atoms with van der Waals surface area (Å²) in [4.78, 5) is 25.2. The summed E-state index contributed by atoms with van der Waals surface area (Å²) >= 11 is 0. The highest BCUT2D eigenvalue weighted by atomic mass is 31.2. The van der Waals surface area contributed by atoms with E-state index in [0.717, 1.165) is 51.4 Å². The molecule has 0 aromatic carbocycles. The van der Waals surface area contributed by atoms with Crippen molar-refractivity contribution in [2.24, 2.45) is 0 Å². The Balaban J connectivity index is 4.56. The Labute approximate surface area is 315 Å². The predicted octanol–water partition coefficient (Wildman–Crippen LogP) is 10.5. The molecule has 0 aliphatic carbocycles. The number of nitrogens with one attached hydrogen (secondary N) is 1. The van der Waals surface area contributed by atoms with Crippen LogP contribution >= 0.6 is 7.82 Å². The van der Waals surface area contributed by atoms with Crippen LogP contribution in [-0.2, 0) is 18.4 Å². The van der Waals surface area contributed by atoms with Crippen LogP contribution in [0.2, 0.25) is 0 Å². The van der Waals surface area contributed by atoms with E-state index in [-0.39, 0.29) is 12.5 Å². The monoisotopic (exact) mass is 741 g/mol. The van der Waals surface area contributed by atoms with Gasteiger partial charge in [-0.05, 0) is 57.8 Å². The maximum absolute atomic E-state index is 12.8. The minimum atomic E-state index is -4.59. The zero-order chi connectivity index (χ0) is 37.9.